The van der Waals surface area contributed by atoms with Gasteiger partial charge in [-0.05, 0) is 18.6 Å². The van der Waals surface area contributed by atoms with Gasteiger partial charge in [-0.25, -0.2) is 9.97 Å². The lowest BCUT2D eigenvalue weighted by Crippen LogP contribution is -2.03. The number of nitrogens with zero attached hydrogens (tertiary/aromatic N) is 2. The first kappa shape index (κ1) is 14.4. The predicted octanol–water partition coefficient (Wildman–Crippen LogP) is 3.70. The first-order valence-electron chi connectivity index (χ1n) is 6.39. The summed E-state index contributed by atoms with van der Waals surface area (Å²) in [5.41, 5.74) is 0.853. The van der Waals surface area contributed by atoms with Gasteiger partial charge in [-0.15, -0.1) is 0 Å². The molecule has 5 nitrogen and oxygen atoms in total. The van der Waals surface area contributed by atoms with Gasteiger partial charge in [0.2, 0.25) is 0 Å². The molecule has 0 fully saturated rings. The minimum Gasteiger partial charge on any atom is -0.495 e. The molecule has 0 unspecified atom stereocenters. The van der Waals surface area contributed by atoms with Crippen molar-refractivity contribution in [3.8, 4) is 5.75 Å². The van der Waals surface area contributed by atoms with Crippen LogP contribution >= 0.6 is 11.6 Å². The normalized spacial score (nSPS) is 10.2. The van der Waals surface area contributed by atoms with Crippen molar-refractivity contribution in [3.05, 3.63) is 35.6 Å². The summed E-state index contributed by atoms with van der Waals surface area (Å²) in [7, 11) is 1.59. The quantitative estimate of drug-likeness (QED) is 0.850. The Bertz CT molecular complexity index is 577. The highest BCUT2D eigenvalue weighted by atomic mass is 35.5. The summed E-state index contributed by atoms with van der Waals surface area (Å²) in [6.07, 6.45) is 2.56. The van der Waals surface area contributed by atoms with E-state index >= 15 is 0 Å². The number of hydrogen-bond acceptors (Lipinski definition) is 5. The summed E-state index contributed by atoms with van der Waals surface area (Å²) in [6, 6.07) is 7.33. The minimum atomic E-state index is 0.575. The molecule has 0 saturated carbocycles. The van der Waals surface area contributed by atoms with Crippen LogP contribution in [0.25, 0.3) is 0 Å². The van der Waals surface area contributed by atoms with Gasteiger partial charge in [0.05, 0.1) is 12.1 Å². The molecule has 2 N–H and O–H groups in total. The van der Waals surface area contributed by atoms with Crippen LogP contribution < -0.4 is 15.4 Å². The van der Waals surface area contributed by atoms with E-state index in [-0.39, 0.29) is 0 Å². The summed E-state index contributed by atoms with van der Waals surface area (Å²) in [5.74, 6) is 2.13. The van der Waals surface area contributed by atoms with E-state index in [1.165, 1.54) is 6.33 Å². The summed E-state index contributed by atoms with van der Waals surface area (Å²) >= 11 is 5.99. The van der Waals surface area contributed by atoms with Crippen LogP contribution in [0.2, 0.25) is 5.02 Å². The zero-order chi connectivity index (χ0) is 14.4. The third-order valence-electron chi connectivity index (χ3n) is 2.65. The van der Waals surface area contributed by atoms with Crippen LogP contribution in [0, 0.1) is 0 Å². The van der Waals surface area contributed by atoms with Gasteiger partial charge in [-0.2, -0.15) is 0 Å². The smallest absolute Gasteiger partial charge is 0.139 e. The Labute approximate surface area is 123 Å². The van der Waals surface area contributed by atoms with Gasteiger partial charge >= 0.3 is 0 Å². The molecule has 106 valence electrons. The Morgan fingerprint density at radius 3 is 2.75 bits per heavy atom. The molecule has 2 aromatic rings. The van der Waals surface area contributed by atoms with Crippen molar-refractivity contribution >= 4 is 28.9 Å². The molecule has 0 amide bonds. The standard InChI is InChI=1S/C14H17ClN4O/c1-3-6-16-13-8-14(18-9-17-13)19-10-4-5-11(15)12(7-10)20-2/h4-5,7-9H,3,6H2,1-2H3,(H2,16,17,18,19). The van der Waals surface area contributed by atoms with Crippen LogP contribution in [0.4, 0.5) is 17.3 Å². The Morgan fingerprint density at radius 1 is 1.20 bits per heavy atom. The zero-order valence-electron chi connectivity index (χ0n) is 11.5. The van der Waals surface area contributed by atoms with E-state index in [1.807, 2.05) is 18.2 Å². The predicted molar refractivity (Wildman–Crippen MR) is 82.1 cm³/mol. The van der Waals surface area contributed by atoms with Gasteiger partial charge in [-0.3, -0.25) is 0 Å². The second kappa shape index (κ2) is 6.96. The van der Waals surface area contributed by atoms with Crippen LogP contribution in [-0.2, 0) is 0 Å². The Kier molecular flexibility index (Phi) is 5.01. The topological polar surface area (TPSA) is 59.1 Å². The maximum Gasteiger partial charge on any atom is 0.139 e. The summed E-state index contributed by atoms with van der Waals surface area (Å²) in [6.45, 7) is 2.98. The van der Waals surface area contributed by atoms with Crippen molar-refractivity contribution in [1.29, 1.82) is 0 Å². The van der Waals surface area contributed by atoms with E-state index in [1.54, 1.807) is 13.2 Å². The van der Waals surface area contributed by atoms with Crippen molar-refractivity contribution in [2.75, 3.05) is 24.3 Å². The van der Waals surface area contributed by atoms with Crippen molar-refractivity contribution < 1.29 is 4.74 Å². The fourth-order valence-corrected chi connectivity index (χ4v) is 1.86. The SMILES string of the molecule is CCCNc1cc(Nc2ccc(Cl)c(OC)c2)ncn1. The lowest BCUT2D eigenvalue weighted by Gasteiger charge is -2.10. The van der Waals surface area contributed by atoms with Crippen LogP contribution in [0.5, 0.6) is 5.75 Å². The summed E-state index contributed by atoms with van der Waals surface area (Å²) in [4.78, 5) is 8.34. The second-order valence-corrected chi connectivity index (χ2v) is 4.60. The zero-order valence-corrected chi connectivity index (χ0v) is 12.2. The van der Waals surface area contributed by atoms with Crippen LogP contribution in [0.1, 0.15) is 13.3 Å². The van der Waals surface area contributed by atoms with E-state index in [2.05, 4.69) is 27.5 Å². The lowest BCUT2D eigenvalue weighted by atomic mass is 10.3. The molecular weight excluding hydrogens is 276 g/mol. The van der Waals surface area contributed by atoms with Crippen molar-refractivity contribution in [3.63, 3.8) is 0 Å². The Hall–Kier alpha value is -2.01. The van der Waals surface area contributed by atoms with E-state index in [0.717, 1.165) is 24.5 Å². The Balaban J connectivity index is 2.13. The molecule has 0 radical (unpaired) electrons. The van der Waals surface area contributed by atoms with E-state index in [9.17, 15) is 0 Å². The third kappa shape index (κ3) is 3.74. The fraction of sp³-hybridized carbons (Fsp3) is 0.286. The second-order valence-electron chi connectivity index (χ2n) is 4.19. The number of methoxy groups -OCH3 is 1. The molecule has 1 aromatic heterocycles. The highest BCUT2D eigenvalue weighted by Crippen LogP contribution is 2.28. The van der Waals surface area contributed by atoms with Gasteiger partial charge in [0.15, 0.2) is 0 Å². The molecule has 2 rings (SSSR count). The number of benzene rings is 1. The van der Waals surface area contributed by atoms with E-state index < -0.39 is 0 Å². The number of halogens is 1. The molecule has 20 heavy (non-hydrogen) atoms. The van der Waals surface area contributed by atoms with Crippen molar-refractivity contribution in [1.82, 2.24) is 9.97 Å². The molecular formula is C14H17ClN4O. The van der Waals surface area contributed by atoms with Gasteiger partial charge in [0.1, 0.15) is 23.7 Å². The molecule has 6 heteroatoms. The van der Waals surface area contributed by atoms with E-state index in [4.69, 9.17) is 16.3 Å². The largest absolute Gasteiger partial charge is 0.495 e. The third-order valence-corrected chi connectivity index (χ3v) is 2.96. The number of aromatic nitrogens is 2. The molecule has 1 aromatic carbocycles. The molecule has 0 aliphatic heterocycles. The van der Waals surface area contributed by atoms with Gasteiger partial charge in [-0.1, -0.05) is 18.5 Å². The maximum absolute atomic E-state index is 5.99. The van der Waals surface area contributed by atoms with E-state index in [0.29, 0.717) is 16.6 Å². The van der Waals surface area contributed by atoms with Gasteiger partial charge in [0.25, 0.3) is 0 Å². The van der Waals surface area contributed by atoms with Crippen molar-refractivity contribution in [2.24, 2.45) is 0 Å². The summed E-state index contributed by atoms with van der Waals surface area (Å²) < 4.78 is 5.18. The molecule has 0 aliphatic rings. The number of nitrogens with one attached hydrogen (secondary N) is 2. The molecule has 0 saturated heterocycles. The van der Waals surface area contributed by atoms with Crippen LogP contribution in [0.3, 0.4) is 0 Å². The molecule has 0 atom stereocenters. The molecule has 0 bridgehead atoms. The summed E-state index contributed by atoms with van der Waals surface area (Å²) in [5, 5.41) is 6.98. The van der Waals surface area contributed by atoms with Crippen molar-refractivity contribution in [2.45, 2.75) is 13.3 Å². The van der Waals surface area contributed by atoms with Gasteiger partial charge < -0.3 is 15.4 Å². The molecule has 0 spiro atoms. The monoisotopic (exact) mass is 292 g/mol. The average Bonchev–Trinajstić information content (AvgIpc) is 2.47. The average molecular weight is 293 g/mol. The van der Waals surface area contributed by atoms with Crippen LogP contribution in [-0.4, -0.2) is 23.6 Å². The number of hydrogen-bond donors (Lipinski definition) is 2. The lowest BCUT2D eigenvalue weighted by molar-refractivity contribution is 0.415. The first-order chi connectivity index (χ1) is 9.72. The van der Waals surface area contributed by atoms with Crippen LogP contribution in [0.15, 0.2) is 30.6 Å². The van der Waals surface area contributed by atoms with Gasteiger partial charge in [0, 0.05) is 24.4 Å². The fourth-order valence-electron chi connectivity index (χ4n) is 1.66. The highest BCUT2D eigenvalue weighted by Gasteiger charge is 2.04. The molecule has 0 aliphatic carbocycles. The number of ether oxygens (including phenoxy) is 1. The maximum atomic E-state index is 5.99. The number of anilines is 3. The Morgan fingerprint density at radius 2 is 2.00 bits per heavy atom. The first-order valence-corrected chi connectivity index (χ1v) is 6.77. The minimum absolute atomic E-state index is 0.575. The molecule has 1 heterocycles. The number of rotatable bonds is 6. The highest BCUT2D eigenvalue weighted by molar-refractivity contribution is 6.32.